The maximum atomic E-state index is 12.9. The van der Waals surface area contributed by atoms with Crippen molar-refractivity contribution in [3.05, 3.63) is 24.3 Å². The zero-order valence-electron chi connectivity index (χ0n) is 18.4. The molecular weight excluding hydrogens is 418 g/mol. The molecule has 1 aliphatic rings. The second-order valence-corrected chi connectivity index (χ2v) is 9.23. The molecule has 1 aromatic rings. The van der Waals surface area contributed by atoms with E-state index in [0.29, 0.717) is 45.6 Å². The van der Waals surface area contributed by atoms with Gasteiger partial charge in [-0.1, -0.05) is 25.7 Å². The molecular formula is C22H33N3O5S. The van der Waals surface area contributed by atoms with Crippen molar-refractivity contribution in [2.75, 3.05) is 43.4 Å². The van der Waals surface area contributed by atoms with Gasteiger partial charge < -0.3 is 9.64 Å². The number of benzene rings is 1. The topological polar surface area (TPSA) is 88.2 Å². The molecule has 0 aromatic heterocycles. The highest BCUT2D eigenvalue weighted by atomic mass is 32.2. The number of sulfonamides is 1. The van der Waals surface area contributed by atoms with Crippen LogP contribution in [0.15, 0.2) is 24.3 Å². The Morgan fingerprint density at radius 3 is 2.45 bits per heavy atom. The Morgan fingerprint density at radius 1 is 1.13 bits per heavy atom. The quantitative estimate of drug-likeness (QED) is 0.227. The molecule has 9 heteroatoms. The van der Waals surface area contributed by atoms with Crippen molar-refractivity contribution in [2.24, 2.45) is 0 Å². The molecule has 172 valence electrons. The molecule has 0 saturated carbocycles. The van der Waals surface area contributed by atoms with Crippen LogP contribution in [0.4, 0.5) is 5.69 Å². The minimum atomic E-state index is -3.58. The number of nitrogens with zero attached hydrogens (tertiary/aromatic N) is 2. The second-order valence-electron chi connectivity index (χ2n) is 7.21. The number of rotatable bonds is 12. The number of carbonyl (C=O) groups excluding carboxylic acids is 1. The summed E-state index contributed by atoms with van der Waals surface area (Å²) >= 11 is 0. The first-order valence-corrected chi connectivity index (χ1v) is 12.4. The normalized spacial score (nSPS) is 15.6. The van der Waals surface area contributed by atoms with Gasteiger partial charge in [0.15, 0.2) is 6.10 Å². The lowest BCUT2D eigenvalue weighted by molar-refractivity contribution is -0.122. The van der Waals surface area contributed by atoms with Crippen LogP contribution >= 0.6 is 0 Å². The van der Waals surface area contributed by atoms with Crippen LogP contribution in [0.25, 0.3) is 0 Å². The molecule has 0 aliphatic carbocycles. The van der Waals surface area contributed by atoms with Crippen LogP contribution in [0.3, 0.4) is 0 Å². The molecule has 1 aliphatic heterocycles. The molecule has 0 bridgehead atoms. The summed E-state index contributed by atoms with van der Waals surface area (Å²) < 4.78 is 32.7. The number of carbonyl (C=O) groups is 1. The third-order valence-corrected chi connectivity index (χ3v) is 6.81. The van der Waals surface area contributed by atoms with Crippen molar-refractivity contribution in [1.29, 1.82) is 0 Å². The molecule has 8 nitrogen and oxygen atoms in total. The van der Waals surface area contributed by atoms with E-state index in [4.69, 9.17) is 9.57 Å². The Morgan fingerprint density at radius 2 is 1.84 bits per heavy atom. The minimum absolute atomic E-state index is 0.294. The van der Waals surface area contributed by atoms with Gasteiger partial charge in [-0.05, 0) is 37.6 Å². The summed E-state index contributed by atoms with van der Waals surface area (Å²) in [5.74, 6) is 6.33. The number of hydroxylamine groups is 1. The van der Waals surface area contributed by atoms with Crippen molar-refractivity contribution in [2.45, 2.75) is 45.6 Å². The maximum Gasteiger partial charge on any atom is 0.230 e. The van der Waals surface area contributed by atoms with Crippen molar-refractivity contribution >= 4 is 22.1 Å². The zero-order valence-corrected chi connectivity index (χ0v) is 19.2. The van der Waals surface area contributed by atoms with Gasteiger partial charge in [0.25, 0.3) is 0 Å². The standard InChI is InChI=1S/C22H33N3O5S/c1-3-5-6-7-8-9-22(30-23-19-26)18-31(27,28)25-16-14-24(15-17-25)20-10-12-21(13-11-20)29-4-2/h10-13,19,22H,3-7,14-18H2,1-2H3,(H,23,26). The minimum Gasteiger partial charge on any atom is -0.494 e. The molecule has 1 atom stereocenters. The SMILES string of the molecule is CCCCCC#CC(CS(=O)(=O)N1CCN(c2ccc(OCC)cc2)CC1)ONC=O. The number of hydrogen-bond donors (Lipinski definition) is 1. The Labute approximate surface area is 185 Å². The van der Waals surface area contributed by atoms with E-state index in [-0.39, 0.29) is 5.75 Å². The monoisotopic (exact) mass is 451 g/mol. The van der Waals surface area contributed by atoms with Crippen LogP contribution in [0.5, 0.6) is 5.75 Å². The average molecular weight is 452 g/mol. The average Bonchev–Trinajstić information content (AvgIpc) is 2.78. The summed E-state index contributed by atoms with van der Waals surface area (Å²) in [6.07, 6.45) is 3.26. The van der Waals surface area contributed by atoms with Crippen LogP contribution < -0.4 is 15.1 Å². The first-order valence-electron chi connectivity index (χ1n) is 10.8. The highest BCUT2D eigenvalue weighted by Gasteiger charge is 2.29. The number of ether oxygens (including phenoxy) is 1. The fourth-order valence-corrected chi connectivity index (χ4v) is 4.77. The Hall–Kier alpha value is -2.28. The summed E-state index contributed by atoms with van der Waals surface area (Å²) in [5.41, 5.74) is 3.12. The van der Waals surface area contributed by atoms with Crippen LogP contribution in [0.1, 0.15) is 39.5 Å². The van der Waals surface area contributed by atoms with Gasteiger partial charge in [-0.25, -0.2) is 13.9 Å². The lowest BCUT2D eigenvalue weighted by Crippen LogP contribution is -2.50. The molecule has 0 radical (unpaired) electrons. The predicted octanol–water partition coefficient (Wildman–Crippen LogP) is 2.17. The molecule has 1 N–H and O–H groups in total. The highest BCUT2D eigenvalue weighted by molar-refractivity contribution is 7.89. The lowest BCUT2D eigenvalue weighted by Gasteiger charge is -2.35. The summed E-state index contributed by atoms with van der Waals surface area (Å²) in [7, 11) is -3.58. The van der Waals surface area contributed by atoms with E-state index in [2.05, 4.69) is 29.1 Å². The number of hydrogen-bond acceptors (Lipinski definition) is 6. The molecule has 2 rings (SSSR count). The largest absolute Gasteiger partial charge is 0.494 e. The van der Waals surface area contributed by atoms with E-state index in [0.717, 1.165) is 30.7 Å². The van der Waals surface area contributed by atoms with E-state index < -0.39 is 16.1 Å². The van der Waals surface area contributed by atoms with E-state index in [1.54, 1.807) is 0 Å². The van der Waals surface area contributed by atoms with Crippen molar-refractivity contribution < 1.29 is 22.8 Å². The van der Waals surface area contributed by atoms with Gasteiger partial charge in [-0.2, -0.15) is 4.31 Å². The summed E-state index contributed by atoms with van der Waals surface area (Å²) in [5, 5.41) is 0. The van der Waals surface area contributed by atoms with Gasteiger partial charge in [0, 0.05) is 38.3 Å². The summed E-state index contributed by atoms with van der Waals surface area (Å²) in [6, 6.07) is 7.81. The van der Waals surface area contributed by atoms with Gasteiger partial charge in [0.05, 0.1) is 6.61 Å². The van der Waals surface area contributed by atoms with Gasteiger partial charge in [0.1, 0.15) is 11.5 Å². The van der Waals surface area contributed by atoms with Gasteiger partial charge >= 0.3 is 0 Å². The summed E-state index contributed by atoms with van der Waals surface area (Å²) in [4.78, 5) is 17.8. The number of amides is 1. The van der Waals surface area contributed by atoms with Crippen molar-refractivity contribution in [3.63, 3.8) is 0 Å². The van der Waals surface area contributed by atoms with Crippen molar-refractivity contribution in [3.8, 4) is 17.6 Å². The molecule has 1 saturated heterocycles. The highest BCUT2D eigenvalue weighted by Crippen LogP contribution is 2.21. The summed E-state index contributed by atoms with van der Waals surface area (Å²) in [6.45, 7) is 6.61. The molecule has 0 spiro atoms. The number of unbranched alkanes of at least 4 members (excludes halogenated alkanes) is 3. The first kappa shape index (κ1) is 25.0. The molecule has 1 aromatic carbocycles. The molecule has 31 heavy (non-hydrogen) atoms. The third kappa shape index (κ3) is 8.40. The van der Waals surface area contributed by atoms with Crippen LogP contribution in [-0.2, 0) is 19.7 Å². The second kappa shape index (κ2) is 13.2. The van der Waals surface area contributed by atoms with Gasteiger partial charge in [0.2, 0.25) is 16.4 Å². The van der Waals surface area contributed by atoms with E-state index >= 15 is 0 Å². The zero-order chi connectivity index (χ0) is 22.5. The molecule has 1 fully saturated rings. The Bertz CT molecular complexity index is 825. The van der Waals surface area contributed by atoms with E-state index in [1.807, 2.05) is 31.2 Å². The van der Waals surface area contributed by atoms with Gasteiger partial charge in [-0.3, -0.25) is 9.63 Å². The number of anilines is 1. The van der Waals surface area contributed by atoms with Crippen LogP contribution in [-0.4, -0.2) is 63.8 Å². The van der Waals surface area contributed by atoms with Gasteiger partial charge in [-0.15, -0.1) is 5.92 Å². The van der Waals surface area contributed by atoms with Crippen LogP contribution in [0.2, 0.25) is 0 Å². The van der Waals surface area contributed by atoms with E-state index in [9.17, 15) is 13.2 Å². The fraction of sp³-hybridized carbons (Fsp3) is 0.591. The lowest BCUT2D eigenvalue weighted by atomic mass is 10.2. The fourth-order valence-electron chi connectivity index (χ4n) is 3.31. The first-order chi connectivity index (χ1) is 15.0. The molecule has 1 unspecified atom stereocenters. The van der Waals surface area contributed by atoms with E-state index in [1.165, 1.54) is 4.31 Å². The Kier molecular flexibility index (Phi) is 10.6. The third-order valence-electron chi connectivity index (χ3n) is 4.93. The maximum absolute atomic E-state index is 12.9. The predicted molar refractivity (Wildman–Crippen MR) is 121 cm³/mol. The molecule has 1 amide bonds. The Balaban J connectivity index is 1.92. The number of piperazine rings is 1. The van der Waals surface area contributed by atoms with Crippen LogP contribution in [0, 0.1) is 11.8 Å². The smallest absolute Gasteiger partial charge is 0.230 e. The molecule has 1 heterocycles. The number of nitrogens with one attached hydrogen (secondary N) is 1. The van der Waals surface area contributed by atoms with Crippen molar-refractivity contribution in [1.82, 2.24) is 9.79 Å².